The van der Waals surface area contributed by atoms with Crippen molar-refractivity contribution in [2.24, 2.45) is 28.6 Å². The molecule has 4 N–H and O–H groups in total. The lowest BCUT2D eigenvalue weighted by atomic mass is 9.85. The van der Waals surface area contributed by atoms with E-state index in [0.717, 1.165) is 5.56 Å². The largest absolute Gasteiger partial charge is 0.458 e. The number of rotatable bonds is 13. The molecule has 0 bridgehead atoms. The predicted molar refractivity (Wildman–Crippen MR) is 181 cm³/mol. The Labute approximate surface area is 289 Å². The molecular formula is C36H55F2N5O6. The van der Waals surface area contributed by atoms with Crippen LogP contribution in [0.4, 0.5) is 13.6 Å². The van der Waals surface area contributed by atoms with E-state index in [4.69, 9.17) is 4.74 Å². The Kier molecular flexibility index (Phi) is 12.5. The molecule has 1 aromatic rings. The van der Waals surface area contributed by atoms with Gasteiger partial charge in [-0.15, -0.1) is 0 Å². The lowest BCUT2D eigenvalue weighted by Gasteiger charge is -2.38. The molecule has 3 rings (SSSR count). The molecule has 11 nitrogen and oxygen atoms in total. The molecule has 1 heterocycles. The number of nitrogens with zero attached hydrogens (tertiary/aromatic N) is 1. The van der Waals surface area contributed by atoms with Crippen molar-refractivity contribution in [2.45, 2.75) is 118 Å². The fourth-order valence-electron chi connectivity index (χ4n) is 6.57. The number of alkyl halides is 2. The van der Waals surface area contributed by atoms with Gasteiger partial charge in [0.2, 0.25) is 24.1 Å². The Bertz CT molecular complexity index is 1360. The van der Waals surface area contributed by atoms with Gasteiger partial charge in [-0.1, -0.05) is 78.8 Å². The number of benzene rings is 1. The van der Waals surface area contributed by atoms with Crippen molar-refractivity contribution in [3.05, 3.63) is 35.9 Å². The van der Waals surface area contributed by atoms with Crippen LogP contribution in [0.3, 0.4) is 0 Å². The molecule has 0 radical (unpaired) electrons. The SMILES string of the molecule is CC(C)[C@H](NC(=O)N[C@H](C(=O)N1C[C@H]2[C@@H]([C@H]1C(=O)N[C@@H](CC(F)F)C(=O)NCCc1ccccc1)C2(C)C)C(C)(C)C)C(=O)OC(C)(C)C. The topological polar surface area (TPSA) is 146 Å². The number of halogens is 2. The lowest BCUT2D eigenvalue weighted by Crippen LogP contribution is -2.62. The van der Waals surface area contributed by atoms with Gasteiger partial charge in [0.15, 0.2) is 0 Å². The molecule has 1 aliphatic heterocycles. The summed E-state index contributed by atoms with van der Waals surface area (Å²) < 4.78 is 32.7. The number of amides is 5. The van der Waals surface area contributed by atoms with Gasteiger partial charge in [0.1, 0.15) is 29.8 Å². The molecule has 274 valence electrons. The second kappa shape index (κ2) is 15.4. The Balaban J connectivity index is 1.78. The predicted octanol–water partition coefficient (Wildman–Crippen LogP) is 4.05. The number of fused-ring (bicyclic) bond motifs is 1. The highest BCUT2D eigenvalue weighted by Crippen LogP contribution is 2.65. The normalized spacial score (nSPS) is 21.7. The van der Waals surface area contributed by atoms with Crippen LogP contribution in [0.15, 0.2) is 30.3 Å². The molecule has 5 amide bonds. The molecule has 13 heteroatoms. The molecule has 49 heavy (non-hydrogen) atoms. The first-order valence-corrected chi connectivity index (χ1v) is 17.0. The van der Waals surface area contributed by atoms with Gasteiger partial charge in [0.05, 0.1) is 0 Å². The van der Waals surface area contributed by atoms with Crippen LogP contribution in [0.1, 0.15) is 81.2 Å². The summed E-state index contributed by atoms with van der Waals surface area (Å²) in [6.07, 6.45) is -3.27. The van der Waals surface area contributed by atoms with Gasteiger partial charge in [0.25, 0.3) is 0 Å². The highest BCUT2D eigenvalue weighted by atomic mass is 19.3. The maximum atomic E-state index is 14.2. The van der Waals surface area contributed by atoms with E-state index in [1.54, 1.807) is 55.4 Å². The summed E-state index contributed by atoms with van der Waals surface area (Å²) in [6.45, 7) is 18.3. The maximum Gasteiger partial charge on any atom is 0.329 e. The highest BCUT2D eigenvalue weighted by molar-refractivity contribution is 5.96. The molecule has 1 aliphatic carbocycles. The summed E-state index contributed by atoms with van der Waals surface area (Å²) in [6, 6.07) is 3.94. The maximum absolute atomic E-state index is 14.2. The first-order valence-electron chi connectivity index (χ1n) is 17.0. The van der Waals surface area contributed by atoms with Crippen molar-refractivity contribution in [3.8, 4) is 0 Å². The molecule has 1 saturated carbocycles. The number of carbonyl (C=O) groups excluding carboxylic acids is 5. The third-order valence-electron chi connectivity index (χ3n) is 9.37. The lowest BCUT2D eigenvalue weighted by molar-refractivity contribution is -0.158. The highest BCUT2D eigenvalue weighted by Gasteiger charge is 2.70. The number of nitrogens with one attached hydrogen (secondary N) is 4. The fourth-order valence-corrected chi connectivity index (χ4v) is 6.57. The van der Waals surface area contributed by atoms with Crippen LogP contribution in [0.2, 0.25) is 0 Å². The smallest absolute Gasteiger partial charge is 0.329 e. The number of likely N-dealkylation sites (tertiary alicyclic amines) is 1. The van der Waals surface area contributed by atoms with Crippen LogP contribution in [-0.2, 0) is 30.3 Å². The van der Waals surface area contributed by atoms with Crippen molar-refractivity contribution in [2.75, 3.05) is 13.1 Å². The number of ether oxygens (including phenoxy) is 1. The standard InChI is InChI=1S/C36H55F2N5O6/c1-20(2)26(32(47)49-35(6,7)8)41-33(48)42-28(34(3,4)5)31(46)43-19-22-25(36(22,9)10)27(43)30(45)40-23(18-24(37)38)29(44)39-17-16-21-14-12-11-13-15-21/h11-15,20,22-28H,16-19H2,1-10H3,(H,39,44)(H,40,45)(H2,41,42,48)/t22-,23-,25-,26-,27-,28+/m0/s1. The van der Waals surface area contributed by atoms with Crippen LogP contribution in [-0.4, -0.2) is 83.9 Å². The quantitative estimate of drug-likeness (QED) is 0.230. The number of urea groups is 1. The fraction of sp³-hybridized carbons (Fsp3) is 0.694. The zero-order chi connectivity index (χ0) is 37.1. The molecule has 0 unspecified atom stereocenters. The summed E-state index contributed by atoms with van der Waals surface area (Å²) in [5, 5.41) is 10.6. The number of carbonyl (C=O) groups is 5. The Hall–Kier alpha value is -3.77. The molecule has 2 fully saturated rings. The minimum atomic E-state index is -2.86. The summed E-state index contributed by atoms with van der Waals surface area (Å²) in [7, 11) is 0. The van der Waals surface area contributed by atoms with E-state index in [0.29, 0.717) is 6.42 Å². The van der Waals surface area contributed by atoms with E-state index in [2.05, 4.69) is 21.3 Å². The van der Waals surface area contributed by atoms with E-state index < -0.39 is 77.8 Å². The van der Waals surface area contributed by atoms with Crippen molar-refractivity contribution >= 4 is 29.7 Å². The summed E-state index contributed by atoms with van der Waals surface area (Å²) in [5.74, 6) is -3.19. The minimum Gasteiger partial charge on any atom is -0.458 e. The first kappa shape index (κ1) is 39.7. The zero-order valence-corrected chi connectivity index (χ0v) is 30.5. The van der Waals surface area contributed by atoms with Gasteiger partial charge in [-0.25, -0.2) is 18.4 Å². The Morgan fingerprint density at radius 2 is 1.57 bits per heavy atom. The van der Waals surface area contributed by atoms with Crippen LogP contribution in [0.5, 0.6) is 0 Å². The van der Waals surface area contributed by atoms with Gasteiger partial charge in [-0.05, 0) is 61.3 Å². The van der Waals surface area contributed by atoms with Gasteiger partial charge >= 0.3 is 12.0 Å². The number of piperidine rings is 1. The average Bonchev–Trinajstić information content (AvgIpc) is 3.28. The molecule has 0 aromatic heterocycles. The van der Waals surface area contributed by atoms with Gasteiger partial charge < -0.3 is 30.9 Å². The summed E-state index contributed by atoms with van der Waals surface area (Å²) in [5.41, 5.74) is -0.939. The molecular weight excluding hydrogens is 636 g/mol. The molecule has 2 aliphatic rings. The second-order valence-electron chi connectivity index (χ2n) is 16.3. The van der Waals surface area contributed by atoms with Crippen LogP contribution in [0.25, 0.3) is 0 Å². The van der Waals surface area contributed by atoms with Gasteiger partial charge in [-0.2, -0.15) is 0 Å². The van der Waals surface area contributed by atoms with E-state index in [1.165, 1.54) is 4.90 Å². The van der Waals surface area contributed by atoms with Crippen molar-refractivity contribution < 1.29 is 37.5 Å². The third kappa shape index (κ3) is 10.4. The number of hydrogen-bond donors (Lipinski definition) is 4. The minimum absolute atomic E-state index is 0.0348. The average molecular weight is 692 g/mol. The summed E-state index contributed by atoms with van der Waals surface area (Å²) in [4.78, 5) is 68.7. The van der Waals surface area contributed by atoms with E-state index in [1.807, 2.05) is 44.2 Å². The molecule has 1 aromatic carbocycles. The summed E-state index contributed by atoms with van der Waals surface area (Å²) >= 11 is 0. The van der Waals surface area contributed by atoms with Gasteiger partial charge in [-0.3, -0.25) is 14.4 Å². The van der Waals surface area contributed by atoms with Crippen molar-refractivity contribution in [1.29, 1.82) is 0 Å². The van der Waals surface area contributed by atoms with Crippen molar-refractivity contribution in [1.82, 2.24) is 26.2 Å². The van der Waals surface area contributed by atoms with E-state index in [-0.39, 0.29) is 36.3 Å². The second-order valence-corrected chi connectivity index (χ2v) is 16.3. The zero-order valence-electron chi connectivity index (χ0n) is 30.5. The monoisotopic (exact) mass is 691 g/mol. The molecule has 6 atom stereocenters. The van der Waals surface area contributed by atoms with Crippen LogP contribution < -0.4 is 21.3 Å². The van der Waals surface area contributed by atoms with Crippen LogP contribution >= 0.6 is 0 Å². The number of esters is 1. The molecule has 0 spiro atoms. The third-order valence-corrected chi connectivity index (χ3v) is 9.37. The Morgan fingerprint density at radius 3 is 2.10 bits per heavy atom. The van der Waals surface area contributed by atoms with Gasteiger partial charge in [0, 0.05) is 19.5 Å². The van der Waals surface area contributed by atoms with E-state index >= 15 is 0 Å². The molecule has 1 saturated heterocycles. The Morgan fingerprint density at radius 1 is 0.959 bits per heavy atom. The van der Waals surface area contributed by atoms with Crippen molar-refractivity contribution in [3.63, 3.8) is 0 Å². The number of hydrogen-bond acceptors (Lipinski definition) is 6. The van der Waals surface area contributed by atoms with Crippen LogP contribution in [0, 0.1) is 28.6 Å². The first-order chi connectivity index (χ1) is 22.5. The van der Waals surface area contributed by atoms with E-state index in [9.17, 15) is 32.8 Å².